The summed E-state index contributed by atoms with van der Waals surface area (Å²) in [5, 5.41) is 2.66. The van der Waals surface area contributed by atoms with Gasteiger partial charge in [0.1, 0.15) is 11.8 Å². The minimum Gasteiger partial charge on any atom is -0.497 e. The largest absolute Gasteiger partial charge is 0.497 e. The van der Waals surface area contributed by atoms with Gasteiger partial charge in [0.15, 0.2) is 0 Å². The van der Waals surface area contributed by atoms with Crippen LogP contribution in [0.15, 0.2) is 24.3 Å². The highest BCUT2D eigenvalue weighted by Gasteiger charge is 2.18. The highest BCUT2D eigenvalue weighted by molar-refractivity contribution is 5.97. The summed E-state index contributed by atoms with van der Waals surface area (Å²) in [6.45, 7) is 4.26. The normalized spacial score (nSPS) is 11.7. The molecule has 1 atom stereocenters. The van der Waals surface area contributed by atoms with Crippen LogP contribution in [-0.4, -0.2) is 31.6 Å². The smallest absolute Gasteiger partial charge is 0.328 e. The molecule has 1 aromatic carbocycles. The Hall–Kier alpha value is -2.04. The number of benzene rings is 1. The van der Waals surface area contributed by atoms with Gasteiger partial charge in [0.2, 0.25) is 0 Å². The summed E-state index contributed by atoms with van der Waals surface area (Å²) in [7, 11) is 1.54. The van der Waals surface area contributed by atoms with E-state index >= 15 is 0 Å². The van der Waals surface area contributed by atoms with Gasteiger partial charge in [-0.15, -0.1) is 0 Å². The van der Waals surface area contributed by atoms with Crippen LogP contribution in [0.4, 0.5) is 0 Å². The van der Waals surface area contributed by atoms with Crippen molar-refractivity contribution in [2.45, 2.75) is 71.3 Å². The van der Waals surface area contributed by atoms with Crippen molar-refractivity contribution in [3.05, 3.63) is 29.8 Å². The third kappa shape index (κ3) is 8.88. The van der Waals surface area contributed by atoms with E-state index in [0.29, 0.717) is 17.9 Å². The van der Waals surface area contributed by atoms with Crippen LogP contribution >= 0.6 is 0 Å². The van der Waals surface area contributed by atoms with Crippen molar-refractivity contribution in [1.82, 2.24) is 5.32 Å². The van der Waals surface area contributed by atoms with Crippen molar-refractivity contribution in [3.63, 3.8) is 0 Å². The Morgan fingerprint density at radius 3 is 2.35 bits per heavy atom. The number of rotatable bonds is 13. The Kier molecular flexibility index (Phi) is 11.2. The van der Waals surface area contributed by atoms with Gasteiger partial charge in [-0.1, -0.05) is 57.9 Å². The number of carbonyl (C=O) groups is 2. The second-order valence-electron chi connectivity index (χ2n) is 6.57. The van der Waals surface area contributed by atoms with Crippen LogP contribution in [0.2, 0.25) is 0 Å². The number of amides is 1. The molecule has 5 heteroatoms. The van der Waals surface area contributed by atoms with Gasteiger partial charge < -0.3 is 14.8 Å². The van der Waals surface area contributed by atoms with Crippen LogP contribution < -0.4 is 10.1 Å². The zero-order chi connectivity index (χ0) is 19.2. The van der Waals surface area contributed by atoms with E-state index in [4.69, 9.17) is 9.47 Å². The lowest BCUT2D eigenvalue weighted by Gasteiger charge is -2.14. The van der Waals surface area contributed by atoms with Gasteiger partial charge in [-0.05, 0) is 31.5 Å². The second-order valence-corrected chi connectivity index (χ2v) is 6.57. The Balaban J connectivity index is 2.19. The lowest BCUT2D eigenvalue weighted by atomic mass is 10.1. The van der Waals surface area contributed by atoms with Gasteiger partial charge in [0, 0.05) is 5.56 Å². The molecule has 0 saturated heterocycles. The first-order valence-electron chi connectivity index (χ1n) is 9.70. The third-order valence-corrected chi connectivity index (χ3v) is 4.28. The molecule has 0 aliphatic rings. The van der Waals surface area contributed by atoms with Crippen LogP contribution in [0.1, 0.15) is 75.6 Å². The average Bonchev–Trinajstić information content (AvgIpc) is 2.66. The van der Waals surface area contributed by atoms with Crippen LogP contribution in [0.3, 0.4) is 0 Å². The van der Waals surface area contributed by atoms with Gasteiger partial charge in [-0.2, -0.15) is 0 Å². The quantitative estimate of drug-likeness (QED) is 0.414. The molecular weight excluding hydrogens is 330 g/mol. The number of ether oxygens (including phenoxy) is 2. The van der Waals surface area contributed by atoms with Crippen LogP contribution in [-0.2, 0) is 9.53 Å². The van der Waals surface area contributed by atoms with Gasteiger partial charge in [-0.25, -0.2) is 4.79 Å². The van der Waals surface area contributed by atoms with Crippen molar-refractivity contribution in [2.24, 2.45) is 0 Å². The van der Waals surface area contributed by atoms with Crippen molar-refractivity contribution < 1.29 is 19.1 Å². The Labute approximate surface area is 157 Å². The third-order valence-electron chi connectivity index (χ3n) is 4.28. The monoisotopic (exact) mass is 363 g/mol. The number of hydrogen-bond donors (Lipinski definition) is 1. The van der Waals surface area contributed by atoms with Crippen molar-refractivity contribution in [2.75, 3.05) is 13.7 Å². The number of methoxy groups -OCH3 is 1. The van der Waals surface area contributed by atoms with Crippen molar-refractivity contribution >= 4 is 11.9 Å². The van der Waals surface area contributed by atoms with Crippen molar-refractivity contribution in [1.29, 1.82) is 0 Å². The molecular formula is C21H33NO4. The first-order valence-corrected chi connectivity index (χ1v) is 9.70. The van der Waals surface area contributed by atoms with E-state index in [1.54, 1.807) is 38.3 Å². The molecule has 0 aromatic heterocycles. The van der Waals surface area contributed by atoms with E-state index in [2.05, 4.69) is 12.2 Å². The SMILES string of the molecule is CCCCCCCCCCOC(=O)[C@H](C)NC(=O)c1cccc(OC)c1. The molecule has 0 bridgehead atoms. The summed E-state index contributed by atoms with van der Waals surface area (Å²) >= 11 is 0. The summed E-state index contributed by atoms with van der Waals surface area (Å²) in [6, 6.07) is 6.13. The lowest BCUT2D eigenvalue weighted by Crippen LogP contribution is -2.39. The Morgan fingerprint density at radius 2 is 1.69 bits per heavy atom. The minimum atomic E-state index is -0.678. The molecule has 1 aromatic rings. The van der Waals surface area contributed by atoms with Crippen LogP contribution in [0, 0.1) is 0 Å². The summed E-state index contributed by atoms with van der Waals surface area (Å²) < 4.78 is 10.4. The minimum absolute atomic E-state index is 0.319. The molecule has 0 aliphatic heterocycles. The first kappa shape index (κ1) is 22.0. The number of nitrogens with one attached hydrogen (secondary N) is 1. The summed E-state index contributed by atoms with van der Waals surface area (Å²) in [6.07, 6.45) is 9.57. The highest BCUT2D eigenvalue weighted by atomic mass is 16.5. The molecule has 26 heavy (non-hydrogen) atoms. The van der Waals surface area contributed by atoms with E-state index in [1.165, 1.54) is 38.5 Å². The van der Waals surface area contributed by atoms with Gasteiger partial charge >= 0.3 is 5.97 Å². The summed E-state index contributed by atoms with van der Waals surface area (Å²) in [4.78, 5) is 24.2. The van der Waals surface area contributed by atoms with Crippen LogP contribution in [0.5, 0.6) is 5.75 Å². The molecule has 1 rings (SSSR count). The standard InChI is InChI=1S/C21H33NO4/c1-4-5-6-7-8-9-10-11-15-26-21(24)17(2)22-20(23)18-13-12-14-19(16-18)25-3/h12-14,16-17H,4-11,15H2,1-3H3,(H,22,23)/t17-/m0/s1. The predicted molar refractivity (Wildman–Crippen MR) is 103 cm³/mol. The number of esters is 1. The fraction of sp³-hybridized carbons (Fsp3) is 0.619. The predicted octanol–water partition coefficient (Wildman–Crippen LogP) is 4.50. The number of unbranched alkanes of at least 4 members (excludes halogenated alkanes) is 7. The topological polar surface area (TPSA) is 64.6 Å². The number of hydrogen-bond acceptors (Lipinski definition) is 4. The molecule has 0 spiro atoms. The van der Waals surface area contributed by atoms with Crippen LogP contribution in [0.25, 0.3) is 0 Å². The van der Waals surface area contributed by atoms with Gasteiger partial charge in [0.25, 0.3) is 5.91 Å². The first-order chi connectivity index (χ1) is 12.6. The summed E-state index contributed by atoms with van der Waals surface area (Å²) in [5.41, 5.74) is 0.451. The molecule has 0 radical (unpaired) electrons. The molecule has 0 saturated carbocycles. The maximum atomic E-state index is 12.2. The van der Waals surface area contributed by atoms with E-state index in [-0.39, 0.29) is 5.91 Å². The van der Waals surface area contributed by atoms with E-state index in [0.717, 1.165) is 12.8 Å². The zero-order valence-electron chi connectivity index (χ0n) is 16.4. The highest BCUT2D eigenvalue weighted by Crippen LogP contribution is 2.12. The molecule has 0 unspecified atom stereocenters. The molecule has 1 amide bonds. The Morgan fingerprint density at radius 1 is 1.04 bits per heavy atom. The fourth-order valence-corrected chi connectivity index (χ4v) is 2.64. The molecule has 5 nitrogen and oxygen atoms in total. The maximum absolute atomic E-state index is 12.2. The van der Waals surface area contributed by atoms with E-state index < -0.39 is 12.0 Å². The summed E-state index contributed by atoms with van der Waals surface area (Å²) in [5.74, 6) is -0.118. The molecule has 0 fully saturated rings. The molecule has 0 heterocycles. The maximum Gasteiger partial charge on any atom is 0.328 e. The Bertz CT molecular complexity index is 545. The second kappa shape index (κ2) is 13.2. The fourth-order valence-electron chi connectivity index (χ4n) is 2.64. The number of carbonyl (C=O) groups excluding carboxylic acids is 2. The van der Waals surface area contributed by atoms with E-state index in [9.17, 15) is 9.59 Å². The molecule has 0 aliphatic carbocycles. The van der Waals surface area contributed by atoms with Gasteiger partial charge in [-0.3, -0.25) is 4.79 Å². The van der Waals surface area contributed by atoms with Crippen molar-refractivity contribution in [3.8, 4) is 5.75 Å². The van der Waals surface area contributed by atoms with Gasteiger partial charge in [0.05, 0.1) is 13.7 Å². The molecule has 146 valence electrons. The molecule has 1 N–H and O–H groups in total. The zero-order valence-corrected chi connectivity index (χ0v) is 16.4. The lowest BCUT2D eigenvalue weighted by molar-refractivity contribution is -0.145. The average molecular weight is 363 g/mol. The van der Waals surface area contributed by atoms with E-state index in [1.807, 2.05) is 0 Å².